The molecule has 0 radical (unpaired) electrons. The number of para-hydroxylation sites is 1. The number of benzene rings is 1. The Morgan fingerprint density at radius 2 is 1.82 bits per heavy atom. The van der Waals surface area contributed by atoms with Gasteiger partial charge in [0, 0.05) is 11.7 Å². The summed E-state index contributed by atoms with van der Waals surface area (Å²) in [6, 6.07) is 10.3. The van der Waals surface area contributed by atoms with Crippen LogP contribution in [0.15, 0.2) is 36.5 Å². The van der Waals surface area contributed by atoms with Gasteiger partial charge in [0.15, 0.2) is 0 Å². The largest absolute Gasteiger partial charge is 0.361 e. The van der Waals surface area contributed by atoms with E-state index in [4.69, 9.17) is 4.91 Å². The van der Waals surface area contributed by atoms with Gasteiger partial charge in [-0.3, -0.25) is 0 Å². The summed E-state index contributed by atoms with van der Waals surface area (Å²) >= 11 is 0. The highest BCUT2D eigenvalue weighted by Gasteiger charge is 1.86. The van der Waals surface area contributed by atoms with E-state index in [1.807, 2.05) is 18.3 Å². The lowest BCUT2D eigenvalue weighted by atomic mass is 10.3. The van der Waals surface area contributed by atoms with Crippen LogP contribution in [-0.4, -0.2) is 4.98 Å². The second kappa shape index (κ2) is 3.51. The molecule has 3 heteroatoms. The molecule has 1 heterocycles. The molecule has 3 nitrogen and oxygen atoms in total. The van der Waals surface area contributed by atoms with Gasteiger partial charge in [-0.25, -0.2) is 0 Å². The van der Waals surface area contributed by atoms with Crippen LogP contribution in [0.4, 0.5) is 0 Å². The second-order valence-electron chi connectivity index (χ2n) is 2.06. The molecular formula is C8H8N2O. The van der Waals surface area contributed by atoms with E-state index in [0.717, 1.165) is 0 Å². The van der Waals surface area contributed by atoms with Crippen LogP contribution in [0.3, 0.4) is 0 Å². The predicted octanol–water partition coefficient (Wildman–Crippen LogP) is 2.50. The summed E-state index contributed by atoms with van der Waals surface area (Å²) in [4.78, 5) is 10.6. The fourth-order valence-corrected chi connectivity index (χ4v) is 0.995. The topological polar surface area (TPSA) is 56.7 Å². The molecule has 0 amide bonds. The molecule has 0 atom stereocenters. The molecule has 56 valence electrons. The Kier molecular flexibility index (Phi) is 2.38. The van der Waals surface area contributed by atoms with Crippen molar-refractivity contribution in [2.24, 2.45) is 0 Å². The zero-order chi connectivity index (χ0) is 8.10. The fourth-order valence-electron chi connectivity index (χ4n) is 0.995. The zero-order valence-electron chi connectivity index (χ0n) is 5.87. The Bertz CT molecular complexity index is 299. The molecule has 2 N–H and O–H groups in total. The van der Waals surface area contributed by atoms with E-state index < -0.39 is 0 Å². The Balaban J connectivity index is 0.000000281. The van der Waals surface area contributed by atoms with E-state index in [1.54, 1.807) is 0 Å². The van der Waals surface area contributed by atoms with Gasteiger partial charge in [-0.2, -0.15) is 4.91 Å². The molecule has 0 fully saturated rings. The van der Waals surface area contributed by atoms with Gasteiger partial charge >= 0.3 is 0 Å². The van der Waals surface area contributed by atoms with Crippen LogP contribution in [0.5, 0.6) is 0 Å². The van der Waals surface area contributed by atoms with E-state index in [1.165, 1.54) is 10.9 Å². The molecule has 1 aromatic carbocycles. The van der Waals surface area contributed by atoms with Crippen LogP contribution < -0.4 is 0 Å². The number of aromatic amines is 1. The van der Waals surface area contributed by atoms with E-state index in [2.05, 4.69) is 28.8 Å². The second-order valence-corrected chi connectivity index (χ2v) is 2.06. The standard InChI is InChI=1S/C8H7N.HNO/c1-2-4-8-7(3-1)5-6-9-8;1-2/h1-6,9H;1H. The maximum absolute atomic E-state index is 7.50. The van der Waals surface area contributed by atoms with E-state index >= 15 is 0 Å². The Morgan fingerprint density at radius 1 is 1.09 bits per heavy atom. The molecule has 11 heavy (non-hydrogen) atoms. The van der Waals surface area contributed by atoms with Crippen LogP contribution in [0, 0.1) is 10.5 Å². The highest BCUT2D eigenvalue weighted by atomic mass is 16.2. The molecule has 2 aromatic rings. The number of nitroso groups, excluding NO2 is 1. The van der Waals surface area contributed by atoms with Gasteiger partial charge in [0.25, 0.3) is 0 Å². The first-order chi connectivity index (χ1) is 5.47. The van der Waals surface area contributed by atoms with Crippen molar-refractivity contribution in [2.75, 3.05) is 0 Å². The third kappa shape index (κ3) is 1.43. The SMILES string of the molecule is N=O.c1ccc2[nH]ccc2c1. The summed E-state index contributed by atoms with van der Waals surface area (Å²) in [5.74, 6) is 0. The molecule has 2 rings (SSSR count). The lowest BCUT2D eigenvalue weighted by Gasteiger charge is -1.83. The lowest BCUT2D eigenvalue weighted by Crippen LogP contribution is -1.61. The van der Waals surface area contributed by atoms with E-state index in [0.29, 0.717) is 0 Å². The van der Waals surface area contributed by atoms with Crippen molar-refractivity contribution in [3.8, 4) is 0 Å². The van der Waals surface area contributed by atoms with Crippen LogP contribution >= 0.6 is 0 Å². The smallest absolute Gasteiger partial charge is 0.0453 e. The Hall–Kier alpha value is -1.64. The van der Waals surface area contributed by atoms with Gasteiger partial charge in [-0.1, -0.05) is 23.8 Å². The number of nitrogens with one attached hydrogen (secondary N) is 2. The normalized spacial score (nSPS) is 8.73. The third-order valence-electron chi connectivity index (χ3n) is 1.46. The van der Waals surface area contributed by atoms with Gasteiger partial charge in [0.1, 0.15) is 0 Å². The van der Waals surface area contributed by atoms with E-state index in [9.17, 15) is 0 Å². The Labute approximate surface area is 63.8 Å². The van der Waals surface area contributed by atoms with Gasteiger partial charge < -0.3 is 4.98 Å². The minimum absolute atomic E-state index is 1.21. The molecule has 0 aliphatic rings. The van der Waals surface area contributed by atoms with Crippen LogP contribution in [0.25, 0.3) is 10.9 Å². The quantitative estimate of drug-likeness (QED) is 0.554. The van der Waals surface area contributed by atoms with Crippen molar-refractivity contribution < 1.29 is 0 Å². The summed E-state index contributed by atoms with van der Waals surface area (Å²) in [5, 5.41) is 1.28. The summed E-state index contributed by atoms with van der Waals surface area (Å²) in [6.07, 6.45) is 1.95. The van der Waals surface area contributed by atoms with Gasteiger partial charge in [-0.05, 0) is 17.5 Å². The molecule has 0 saturated heterocycles. The first-order valence-electron chi connectivity index (χ1n) is 3.19. The van der Waals surface area contributed by atoms with Crippen molar-refractivity contribution in [1.82, 2.24) is 4.98 Å². The number of hydrogen-bond donors (Lipinski definition) is 2. The van der Waals surface area contributed by atoms with Crippen LogP contribution in [0.1, 0.15) is 0 Å². The molecule has 1 aromatic heterocycles. The minimum Gasteiger partial charge on any atom is -0.361 e. The van der Waals surface area contributed by atoms with Crippen LogP contribution in [0.2, 0.25) is 0 Å². The zero-order valence-corrected chi connectivity index (χ0v) is 5.87. The van der Waals surface area contributed by atoms with Crippen molar-refractivity contribution in [3.05, 3.63) is 41.4 Å². The molecule has 0 aliphatic carbocycles. The highest BCUT2D eigenvalue weighted by Crippen LogP contribution is 2.09. The molecule has 0 spiro atoms. The number of hydrogen-bond acceptors (Lipinski definition) is 2. The van der Waals surface area contributed by atoms with E-state index in [-0.39, 0.29) is 0 Å². The first kappa shape index (κ1) is 7.47. The van der Waals surface area contributed by atoms with Crippen molar-refractivity contribution in [3.63, 3.8) is 0 Å². The maximum atomic E-state index is 7.50. The minimum atomic E-state index is 1.21. The molecular weight excluding hydrogens is 140 g/mol. The summed E-state index contributed by atoms with van der Waals surface area (Å²) in [7, 11) is 0. The average Bonchev–Trinajstić information content (AvgIpc) is 2.55. The number of rotatable bonds is 0. The van der Waals surface area contributed by atoms with Crippen LogP contribution in [-0.2, 0) is 0 Å². The van der Waals surface area contributed by atoms with Gasteiger partial charge in [0.05, 0.1) is 0 Å². The van der Waals surface area contributed by atoms with Gasteiger partial charge in [-0.15, -0.1) is 0 Å². The summed E-state index contributed by atoms with van der Waals surface area (Å²) < 4.78 is 0. The third-order valence-corrected chi connectivity index (χ3v) is 1.46. The first-order valence-corrected chi connectivity index (χ1v) is 3.19. The monoisotopic (exact) mass is 148 g/mol. The molecule has 0 unspecified atom stereocenters. The average molecular weight is 148 g/mol. The van der Waals surface area contributed by atoms with Crippen molar-refractivity contribution in [1.29, 1.82) is 5.59 Å². The number of aromatic nitrogens is 1. The molecule has 0 bridgehead atoms. The number of H-pyrrole nitrogens is 1. The van der Waals surface area contributed by atoms with Crippen molar-refractivity contribution >= 4 is 10.9 Å². The summed E-state index contributed by atoms with van der Waals surface area (Å²) in [6.45, 7) is 0. The fraction of sp³-hybridized carbons (Fsp3) is 0. The predicted molar refractivity (Wildman–Crippen MR) is 44.4 cm³/mol. The highest BCUT2D eigenvalue weighted by molar-refractivity contribution is 5.78. The summed E-state index contributed by atoms with van der Waals surface area (Å²) in [5.41, 5.74) is 5.71. The lowest BCUT2D eigenvalue weighted by molar-refractivity contribution is 1.48. The molecule has 0 saturated carbocycles. The maximum Gasteiger partial charge on any atom is 0.0453 e. The molecule has 0 aliphatic heterocycles. The Morgan fingerprint density at radius 3 is 2.55 bits per heavy atom. The number of fused-ring (bicyclic) bond motifs is 1. The van der Waals surface area contributed by atoms with Crippen molar-refractivity contribution in [2.45, 2.75) is 0 Å². The van der Waals surface area contributed by atoms with Gasteiger partial charge in [0.2, 0.25) is 0 Å².